The van der Waals surface area contributed by atoms with Crippen LogP contribution in [0, 0.1) is 0 Å². The molecular weight excluding hydrogens is 308 g/mol. The molecule has 1 aliphatic rings. The summed E-state index contributed by atoms with van der Waals surface area (Å²) in [6.07, 6.45) is 3.03. The van der Waals surface area contributed by atoms with E-state index >= 15 is 0 Å². The summed E-state index contributed by atoms with van der Waals surface area (Å²) in [5.41, 5.74) is 0. The molecule has 128 valence electrons. The minimum Gasteiger partial charge on any atom is -0.481 e. The lowest BCUT2D eigenvalue weighted by atomic mass is 10.0. The maximum absolute atomic E-state index is 12.5. The number of carbonyl (C=O) groups is 2. The molecule has 0 aromatic carbocycles. The summed E-state index contributed by atoms with van der Waals surface area (Å²) in [7, 11) is -1.80. The van der Waals surface area contributed by atoms with Gasteiger partial charge in [0.2, 0.25) is 15.9 Å². The molecule has 1 heterocycles. The number of carboxylic acid groups (broad SMARTS) is 1. The number of carbonyl (C=O) groups excluding carboxylic acids is 1. The van der Waals surface area contributed by atoms with Crippen molar-refractivity contribution in [2.45, 2.75) is 51.5 Å². The second kappa shape index (κ2) is 8.47. The molecular formula is C14H26N2O5S. The monoisotopic (exact) mass is 334 g/mol. The molecule has 0 aliphatic carbocycles. The maximum Gasteiger partial charge on any atom is 0.303 e. The normalized spacial score (nSPS) is 19.8. The number of rotatable bonds is 8. The van der Waals surface area contributed by atoms with Gasteiger partial charge in [0.1, 0.15) is 6.04 Å². The van der Waals surface area contributed by atoms with Gasteiger partial charge in [-0.15, -0.1) is 0 Å². The average Bonchev–Trinajstić information content (AvgIpc) is 2.46. The fraction of sp³-hybridized carbons (Fsp3) is 0.857. The smallest absolute Gasteiger partial charge is 0.303 e. The van der Waals surface area contributed by atoms with Crippen molar-refractivity contribution in [2.24, 2.45) is 0 Å². The van der Waals surface area contributed by atoms with E-state index in [4.69, 9.17) is 5.11 Å². The zero-order valence-corrected chi connectivity index (χ0v) is 14.1. The number of sulfonamides is 1. The highest BCUT2D eigenvalue weighted by Crippen LogP contribution is 2.22. The largest absolute Gasteiger partial charge is 0.481 e. The number of amides is 1. The van der Waals surface area contributed by atoms with Crippen molar-refractivity contribution < 1.29 is 23.1 Å². The SMILES string of the molecule is CCCS(=O)(=O)N1CCCCC1C(=O)N(C)CCCC(=O)O. The summed E-state index contributed by atoms with van der Waals surface area (Å²) < 4.78 is 26.0. The van der Waals surface area contributed by atoms with Crippen LogP contribution in [-0.4, -0.2) is 66.5 Å². The number of piperidine rings is 1. The summed E-state index contributed by atoms with van der Waals surface area (Å²) in [5, 5.41) is 8.63. The minimum absolute atomic E-state index is 0.000133. The summed E-state index contributed by atoms with van der Waals surface area (Å²) in [5.74, 6) is -1.07. The highest BCUT2D eigenvalue weighted by Gasteiger charge is 2.37. The third-order valence-corrected chi connectivity index (χ3v) is 5.89. The Kier molecular flexibility index (Phi) is 7.28. The van der Waals surface area contributed by atoms with Gasteiger partial charge in [0.25, 0.3) is 0 Å². The van der Waals surface area contributed by atoms with Gasteiger partial charge in [-0.25, -0.2) is 8.42 Å². The topological polar surface area (TPSA) is 95.0 Å². The lowest BCUT2D eigenvalue weighted by molar-refractivity contribution is -0.138. The van der Waals surface area contributed by atoms with E-state index in [0.717, 1.165) is 12.8 Å². The highest BCUT2D eigenvalue weighted by atomic mass is 32.2. The number of nitrogens with zero attached hydrogens (tertiary/aromatic N) is 2. The molecule has 1 fully saturated rings. The van der Waals surface area contributed by atoms with Gasteiger partial charge in [-0.05, 0) is 25.7 Å². The van der Waals surface area contributed by atoms with Gasteiger partial charge in [0, 0.05) is 26.6 Å². The number of aliphatic carboxylic acids is 1. The molecule has 0 bridgehead atoms. The molecule has 1 saturated heterocycles. The number of carboxylic acids is 1. The van der Waals surface area contributed by atoms with Crippen LogP contribution in [0.2, 0.25) is 0 Å². The van der Waals surface area contributed by atoms with Crippen molar-refractivity contribution in [3.8, 4) is 0 Å². The summed E-state index contributed by atoms with van der Waals surface area (Å²) in [6.45, 7) is 2.52. The first-order valence-electron chi connectivity index (χ1n) is 7.76. The van der Waals surface area contributed by atoms with Gasteiger partial charge in [0.15, 0.2) is 0 Å². The third kappa shape index (κ3) is 5.24. The van der Waals surface area contributed by atoms with Gasteiger partial charge in [0.05, 0.1) is 5.75 Å². The molecule has 1 aliphatic heterocycles. The fourth-order valence-electron chi connectivity index (χ4n) is 2.69. The first-order valence-corrected chi connectivity index (χ1v) is 9.36. The molecule has 8 heteroatoms. The first kappa shape index (κ1) is 18.9. The Labute approximate surface area is 132 Å². The lowest BCUT2D eigenvalue weighted by Gasteiger charge is -2.35. The number of likely N-dealkylation sites (N-methyl/N-ethyl adjacent to an activating group) is 1. The molecule has 0 spiro atoms. The van der Waals surface area contributed by atoms with Gasteiger partial charge < -0.3 is 10.0 Å². The van der Waals surface area contributed by atoms with Gasteiger partial charge in [-0.2, -0.15) is 4.31 Å². The van der Waals surface area contributed by atoms with Gasteiger partial charge >= 0.3 is 5.97 Å². The molecule has 0 saturated carbocycles. The van der Waals surface area contributed by atoms with Crippen LogP contribution in [0.4, 0.5) is 0 Å². The van der Waals surface area contributed by atoms with Crippen molar-refractivity contribution in [1.29, 1.82) is 0 Å². The molecule has 1 N–H and O–H groups in total. The predicted octanol–water partition coefficient (Wildman–Crippen LogP) is 0.904. The standard InChI is InChI=1S/C14H26N2O5S/c1-3-11-22(20,21)16-10-5-4-7-12(16)14(19)15(2)9-6-8-13(17)18/h12H,3-11H2,1-2H3,(H,17,18). The zero-order chi connectivity index (χ0) is 16.8. The molecule has 22 heavy (non-hydrogen) atoms. The van der Waals surface area contributed by atoms with E-state index in [1.54, 1.807) is 14.0 Å². The molecule has 0 aromatic rings. The first-order chi connectivity index (χ1) is 10.3. The van der Waals surface area contributed by atoms with Crippen molar-refractivity contribution in [3.63, 3.8) is 0 Å². The van der Waals surface area contributed by atoms with E-state index in [1.165, 1.54) is 9.21 Å². The number of hydrogen-bond donors (Lipinski definition) is 1. The Balaban J connectivity index is 2.73. The second-order valence-corrected chi connectivity index (χ2v) is 7.74. The molecule has 1 unspecified atom stereocenters. The minimum atomic E-state index is -3.40. The van der Waals surface area contributed by atoms with Crippen molar-refractivity contribution in [2.75, 3.05) is 25.9 Å². The van der Waals surface area contributed by atoms with Crippen LogP contribution in [-0.2, 0) is 19.6 Å². The van der Waals surface area contributed by atoms with Crippen molar-refractivity contribution in [1.82, 2.24) is 9.21 Å². The average molecular weight is 334 g/mol. The van der Waals surface area contributed by atoms with E-state index in [0.29, 0.717) is 32.4 Å². The van der Waals surface area contributed by atoms with E-state index in [-0.39, 0.29) is 18.1 Å². The van der Waals surface area contributed by atoms with Crippen LogP contribution in [0.15, 0.2) is 0 Å². The molecule has 1 amide bonds. The Morgan fingerprint density at radius 3 is 2.59 bits per heavy atom. The van der Waals surface area contributed by atoms with Crippen LogP contribution >= 0.6 is 0 Å². The second-order valence-electron chi connectivity index (χ2n) is 5.70. The molecule has 1 rings (SSSR count). The Morgan fingerprint density at radius 1 is 1.32 bits per heavy atom. The van der Waals surface area contributed by atoms with Crippen LogP contribution < -0.4 is 0 Å². The van der Waals surface area contributed by atoms with Crippen molar-refractivity contribution >= 4 is 21.9 Å². The van der Waals surface area contributed by atoms with Crippen LogP contribution in [0.1, 0.15) is 45.4 Å². The summed E-state index contributed by atoms with van der Waals surface area (Å²) in [4.78, 5) is 24.5. The Hall–Kier alpha value is -1.15. The van der Waals surface area contributed by atoms with Gasteiger partial charge in [-0.3, -0.25) is 9.59 Å². The predicted molar refractivity (Wildman–Crippen MR) is 82.9 cm³/mol. The van der Waals surface area contributed by atoms with E-state index in [2.05, 4.69) is 0 Å². The quantitative estimate of drug-likeness (QED) is 0.712. The molecule has 0 aromatic heterocycles. The van der Waals surface area contributed by atoms with Gasteiger partial charge in [-0.1, -0.05) is 13.3 Å². The maximum atomic E-state index is 12.5. The molecule has 7 nitrogen and oxygen atoms in total. The van der Waals surface area contributed by atoms with E-state index in [9.17, 15) is 18.0 Å². The van der Waals surface area contributed by atoms with Crippen molar-refractivity contribution in [3.05, 3.63) is 0 Å². The van der Waals surface area contributed by atoms with Crippen LogP contribution in [0.3, 0.4) is 0 Å². The third-order valence-electron chi connectivity index (χ3n) is 3.82. The van der Waals surface area contributed by atoms with E-state index < -0.39 is 22.0 Å². The lowest BCUT2D eigenvalue weighted by Crippen LogP contribution is -2.52. The zero-order valence-electron chi connectivity index (χ0n) is 13.3. The fourth-order valence-corrected chi connectivity index (χ4v) is 4.43. The number of hydrogen-bond acceptors (Lipinski definition) is 4. The highest BCUT2D eigenvalue weighted by molar-refractivity contribution is 7.89. The van der Waals surface area contributed by atoms with E-state index in [1.807, 2.05) is 0 Å². The Bertz CT molecular complexity index is 491. The summed E-state index contributed by atoms with van der Waals surface area (Å²) in [6, 6.07) is -0.639. The van der Waals surface area contributed by atoms with Crippen LogP contribution in [0.25, 0.3) is 0 Å². The molecule has 0 radical (unpaired) electrons. The van der Waals surface area contributed by atoms with Crippen LogP contribution in [0.5, 0.6) is 0 Å². The molecule has 1 atom stereocenters. The Morgan fingerprint density at radius 2 is 2.00 bits per heavy atom. The summed E-state index contributed by atoms with van der Waals surface area (Å²) >= 11 is 0.